The summed E-state index contributed by atoms with van der Waals surface area (Å²) in [6.07, 6.45) is 1.52. The third-order valence-corrected chi connectivity index (χ3v) is 5.18. The molecule has 2 aromatic rings. The Bertz CT molecular complexity index is 760. The number of nitrogens with zero attached hydrogens (tertiary/aromatic N) is 1. The number of hydrogen-bond donors (Lipinski definition) is 3. The van der Waals surface area contributed by atoms with Gasteiger partial charge in [-0.3, -0.25) is 9.52 Å². The second kappa shape index (κ2) is 7.53. The van der Waals surface area contributed by atoms with Gasteiger partial charge < -0.3 is 10.6 Å². The van der Waals surface area contributed by atoms with Gasteiger partial charge in [-0.05, 0) is 25.2 Å². The molecule has 0 fully saturated rings. The van der Waals surface area contributed by atoms with E-state index in [0.29, 0.717) is 17.4 Å². The van der Waals surface area contributed by atoms with Crippen LogP contribution in [0, 0.1) is 5.92 Å². The third-order valence-electron chi connectivity index (χ3n) is 3.02. The largest absolute Gasteiger partial charge is 0.326 e. The third kappa shape index (κ3) is 4.75. The number of nitrogens with one attached hydrogen (secondary N) is 3. The van der Waals surface area contributed by atoms with E-state index in [2.05, 4.69) is 20.3 Å². The number of carbonyl (C=O) groups is 1. The average Bonchev–Trinajstić information content (AvgIpc) is 3.00. The molecule has 2 rings (SSSR count). The summed E-state index contributed by atoms with van der Waals surface area (Å²) in [4.78, 5) is 15.9. The van der Waals surface area contributed by atoms with Crippen LogP contribution in [0.15, 0.2) is 40.7 Å². The van der Waals surface area contributed by atoms with Crippen LogP contribution in [-0.4, -0.2) is 32.9 Å². The van der Waals surface area contributed by atoms with Gasteiger partial charge in [-0.1, -0.05) is 13.0 Å². The molecule has 1 aromatic heterocycles. The molecule has 0 bridgehead atoms. The highest BCUT2D eigenvalue weighted by atomic mass is 32.2. The molecular formula is C14H18N4O3S2. The van der Waals surface area contributed by atoms with Gasteiger partial charge >= 0.3 is 0 Å². The van der Waals surface area contributed by atoms with Crippen molar-refractivity contribution >= 4 is 38.1 Å². The summed E-state index contributed by atoms with van der Waals surface area (Å²) in [5.74, 6) is -0.407. The van der Waals surface area contributed by atoms with Crippen molar-refractivity contribution in [3.63, 3.8) is 0 Å². The van der Waals surface area contributed by atoms with Crippen LogP contribution in [-0.2, 0) is 14.8 Å². The first-order valence-corrected chi connectivity index (χ1v) is 9.26. The van der Waals surface area contributed by atoms with E-state index >= 15 is 0 Å². The number of amides is 1. The zero-order valence-electron chi connectivity index (χ0n) is 12.7. The molecule has 7 nitrogen and oxygen atoms in total. The zero-order chi connectivity index (χ0) is 16.9. The van der Waals surface area contributed by atoms with Gasteiger partial charge in [0.15, 0.2) is 5.13 Å². The lowest BCUT2D eigenvalue weighted by Crippen LogP contribution is -2.28. The molecule has 0 radical (unpaired) electrons. The number of benzene rings is 1. The predicted octanol–water partition coefficient (Wildman–Crippen LogP) is 1.74. The lowest BCUT2D eigenvalue weighted by molar-refractivity contribution is -0.119. The predicted molar refractivity (Wildman–Crippen MR) is 91.1 cm³/mol. The Kier molecular flexibility index (Phi) is 5.69. The van der Waals surface area contributed by atoms with Gasteiger partial charge in [0.25, 0.3) is 10.0 Å². The van der Waals surface area contributed by atoms with Crippen molar-refractivity contribution in [3.8, 4) is 0 Å². The molecule has 23 heavy (non-hydrogen) atoms. The van der Waals surface area contributed by atoms with Gasteiger partial charge in [0.2, 0.25) is 5.91 Å². The number of rotatable bonds is 7. The second-order valence-electron chi connectivity index (χ2n) is 4.92. The van der Waals surface area contributed by atoms with Crippen molar-refractivity contribution in [2.45, 2.75) is 11.8 Å². The Hall–Kier alpha value is -1.97. The van der Waals surface area contributed by atoms with E-state index in [0.717, 1.165) is 0 Å². The highest BCUT2D eigenvalue weighted by molar-refractivity contribution is 7.93. The standard InChI is InChI=1S/C14H18N4O3S2/c1-10(9-15-2)13(19)17-11-4-3-5-12(8-11)23(20,21)18-14-16-6-7-22-14/h3-8,10,15H,9H2,1-2H3,(H,16,18)(H,17,19). The van der Waals surface area contributed by atoms with Crippen molar-refractivity contribution in [2.24, 2.45) is 5.92 Å². The summed E-state index contributed by atoms with van der Waals surface area (Å²) in [5.41, 5.74) is 0.431. The summed E-state index contributed by atoms with van der Waals surface area (Å²) in [6.45, 7) is 2.33. The number of sulfonamides is 1. The average molecular weight is 354 g/mol. The second-order valence-corrected chi connectivity index (χ2v) is 7.50. The van der Waals surface area contributed by atoms with E-state index in [1.165, 1.54) is 29.7 Å². The first-order chi connectivity index (χ1) is 10.9. The molecule has 1 atom stereocenters. The minimum absolute atomic E-state index is 0.0618. The quantitative estimate of drug-likeness (QED) is 0.703. The maximum Gasteiger partial charge on any atom is 0.263 e. The molecule has 1 heterocycles. The highest BCUT2D eigenvalue weighted by Crippen LogP contribution is 2.20. The Morgan fingerprint density at radius 3 is 2.83 bits per heavy atom. The SMILES string of the molecule is CNCC(C)C(=O)Nc1cccc(S(=O)(=O)Nc2nccs2)c1. The van der Waals surface area contributed by atoms with Crippen LogP contribution in [0.25, 0.3) is 0 Å². The minimum atomic E-state index is -3.74. The van der Waals surface area contributed by atoms with Crippen LogP contribution >= 0.6 is 11.3 Å². The molecular weight excluding hydrogens is 336 g/mol. The normalized spacial score (nSPS) is 12.6. The molecule has 1 unspecified atom stereocenters. The van der Waals surface area contributed by atoms with Crippen LogP contribution in [0.3, 0.4) is 0 Å². The zero-order valence-corrected chi connectivity index (χ0v) is 14.4. The Labute approximate surface area is 139 Å². The molecule has 0 aliphatic heterocycles. The van der Waals surface area contributed by atoms with Crippen molar-refractivity contribution in [1.29, 1.82) is 0 Å². The maximum atomic E-state index is 12.3. The fourth-order valence-electron chi connectivity index (χ4n) is 1.85. The lowest BCUT2D eigenvalue weighted by Gasteiger charge is -2.12. The fraction of sp³-hybridized carbons (Fsp3) is 0.286. The fourth-order valence-corrected chi connectivity index (χ4v) is 3.69. The number of aromatic nitrogens is 1. The molecule has 0 saturated carbocycles. The van der Waals surface area contributed by atoms with Gasteiger partial charge in [-0.2, -0.15) is 0 Å². The Balaban J connectivity index is 2.14. The Morgan fingerprint density at radius 2 is 2.17 bits per heavy atom. The van der Waals surface area contributed by atoms with Gasteiger partial charge in [0, 0.05) is 29.7 Å². The van der Waals surface area contributed by atoms with Crippen LogP contribution in [0.5, 0.6) is 0 Å². The van der Waals surface area contributed by atoms with Crippen molar-refractivity contribution in [1.82, 2.24) is 10.3 Å². The van der Waals surface area contributed by atoms with Crippen LogP contribution in [0.4, 0.5) is 10.8 Å². The summed E-state index contributed by atoms with van der Waals surface area (Å²) in [7, 11) is -1.97. The van der Waals surface area contributed by atoms with E-state index < -0.39 is 10.0 Å². The van der Waals surface area contributed by atoms with E-state index in [9.17, 15) is 13.2 Å². The van der Waals surface area contributed by atoms with Crippen molar-refractivity contribution in [3.05, 3.63) is 35.8 Å². The summed E-state index contributed by atoms with van der Waals surface area (Å²) in [5, 5.41) is 7.61. The van der Waals surface area contributed by atoms with Crippen LogP contribution < -0.4 is 15.4 Å². The first-order valence-electron chi connectivity index (χ1n) is 6.90. The molecule has 1 aromatic carbocycles. The number of anilines is 2. The topological polar surface area (TPSA) is 100 Å². The lowest BCUT2D eigenvalue weighted by atomic mass is 10.1. The van der Waals surface area contributed by atoms with Gasteiger partial charge in [-0.25, -0.2) is 13.4 Å². The monoisotopic (exact) mass is 354 g/mol. The highest BCUT2D eigenvalue weighted by Gasteiger charge is 2.17. The van der Waals surface area contributed by atoms with Gasteiger partial charge in [0.1, 0.15) is 0 Å². The molecule has 0 spiro atoms. The molecule has 0 saturated heterocycles. The van der Waals surface area contributed by atoms with Gasteiger partial charge in [0.05, 0.1) is 4.90 Å². The van der Waals surface area contributed by atoms with Crippen LogP contribution in [0.1, 0.15) is 6.92 Å². The molecule has 124 valence electrons. The molecule has 0 aliphatic rings. The number of thiazole rings is 1. The van der Waals surface area contributed by atoms with Crippen molar-refractivity contribution < 1.29 is 13.2 Å². The smallest absolute Gasteiger partial charge is 0.263 e. The van der Waals surface area contributed by atoms with Gasteiger partial charge in [-0.15, -0.1) is 11.3 Å². The summed E-state index contributed by atoms with van der Waals surface area (Å²) < 4.78 is 27.0. The molecule has 9 heteroatoms. The maximum absolute atomic E-state index is 12.3. The number of carbonyl (C=O) groups excluding carboxylic acids is 1. The molecule has 3 N–H and O–H groups in total. The Morgan fingerprint density at radius 1 is 1.39 bits per heavy atom. The first kappa shape index (κ1) is 17.4. The summed E-state index contributed by atoms with van der Waals surface area (Å²) in [6, 6.07) is 6.10. The van der Waals surface area contributed by atoms with E-state index in [1.807, 2.05) is 0 Å². The van der Waals surface area contributed by atoms with Crippen molar-refractivity contribution in [2.75, 3.05) is 23.6 Å². The molecule has 0 aliphatic carbocycles. The van der Waals surface area contributed by atoms with Crippen LogP contribution in [0.2, 0.25) is 0 Å². The van der Waals surface area contributed by atoms with E-state index in [1.54, 1.807) is 31.5 Å². The summed E-state index contributed by atoms with van der Waals surface area (Å²) >= 11 is 1.19. The van der Waals surface area contributed by atoms with E-state index in [4.69, 9.17) is 0 Å². The minimum Gasteiger partial charge on any atom is -0.326 e. The van der Waals surface area contributed by atoms with E-state index in [-0.39, 0.29) is 16.7 Å². The number of hydrogen-bond acceptors (Lipinski definition) is 6. The molecule has 1 amide bonds.